The highest BCUT2D eigenvalue weighted by Gasteiger charge is 2.49. The van der Waals surface area contributed by atoms with Crippen molar-refractivity contribution in [1.29, 1.82) is 0 Å². The van der Waals surface area contributed by atoms with E-state index in [0.717, 1.165) is 37.8 Å². The molecule has 4 rings (SSSR count). The van der Waals surface area contributed by atoms with Crippen molar-refractivity contribution in [2.75, 3.05) is 23.7 Å². The number of rotatable bonds is 2. The van der Waals surface area contributed by atoms with Crippen molar-refractivity contribution in [3.63, 3.8) is 0 Å². The number of fused-ring (bicyclic) bond motifs is 2. The Morgan fingerprint density at radius 3 is 3.04 bits per heavy atom. The lowest BCUT2D eigenvalue weighted by molar-refractivity contribution is -0.128. The number of amides is 2. The number of hydrogen-bond donors (Lipinski definition) is 3. The molecular formula is C18H22FN3O2. The van der Waals surface area contributed by atoms with Gasteiger partial charge in [-0.05, 0) is 49.4 Å². The van der Waals surface area contributed by atoms with E-state index >= 15 is 0 Å². The molecule has 3 aliphatic rings. The van der Waals surface area contributed by atoms with E-state index < -0.39 is 11.2 Å². The third kappa shape index (κ3) is 2.49. The van der Waals surface area contributed by atoms with Crippen LogP contribution in [0.4, 0.5) is 15.8 Å². The van der Waals surface area contributed by atoms with E-state index in [-0.39, 0.29) is 17.5 Å². The summed E-state index contributed by atoms with van der Waals surface area (Å²) >= 11 is 0. The number of aryl methyl sites for hydroxylation is 1. The minimum Gasteiger partial charge on any atom is -0.326 e. The fraction of sp³-hybridized carbons (Fsp3) is 0.556. The van der Waals surface area contributed by atoms with Crippen molar-refractivity contribution >= 4 is 23.2 Å². The Labute approximate surface area is 140 Å². The molecule has 0 radical (unpaired) electrons. The predicted molar refractivity (Wildman–Crippen MR) is 89.2 cm³/mol. The largest absolute Gasteiger partial charge is 0.326 e. The van der Waals surface area contributed by atoms with Crippen LogP contribution in [-0.4, -0.2) is 24.9 Å². The van der Waals surface area contributed by atoms with Gasteiger partial charge in [0.05, 0.1) is 11.1 Å². The second kappa shape index (κ2) is 5.84. The Hall–Kier alpha value is -1.95. The standard InChI is InChI=1S/C18H22FN3O2/c19-13-7-11-4-5-16(23)21-14(11)8-15(13)22-17(24)18-6-2-1-3-12(18)9-20-10-18/h7-8,12,20H,1-6,9-10H2,(H,21,23)(H,22,24)/t12-,18+/m0/s1. The molecule has 0 aromatic heterocycles. The van der Waals surface area contributed by atoms with Gasteiger partial charge in [0.15, 0.2) is 0 Å². The second-order valence-corrected chi connectivity index (χ2v) is 7.22. The summed E-state index contributed by atoms with van der Waals surface area (Å²) in [6.07, 6.45) is 4.98. The summed E-state index contributed by atoms with van der Waals surface area (Å²) in [6, 6.07) is 2.98. The van der Waals surface area contributed by atoms with E-state index in [2.05, 4.69) is 16.0 Å². The lowest BCUT2D eigenvalue weighted by Crippen LogP contribution is -2.44. The van der Waals surface area contributed by atoms with Gasteiger partial charge in [-0.2, -0.15) is 0 Å². The van der Waals surface area contributed by atoms with Crippen LogP contribution in [0.15, 0.2) is 12.1 Å². The molecule has 3 N–H and O–H groups in total. The number of halogens is 1. The summed E-state index contributed by atoms with van der Waals surface area (Å²) in [5.74, 6) is -0.282. The molecule has 5 nitrogen and oxygen atoms in total. The Morgan fingerprint density at radius 1 is 1.29 bits per heavy atom. The molecule has 2 fully saturated rings. The van der Waals surface area contributed by atoms with Crippen molar-refractivity contribution in [2.24, 2.45) is 11.3 Å². The monoisotopic (exact) mass is 331 g/mol. The topological polar surface area (TPSA) is 70.2 Å². The van der Waals surface area contributed by atoms with Crippen molar-refractivity contribution in [2.45, 2.75) is 38.5 Å². The van der Waals surface area contributed by atoms with Gasteiger partial charge in [0.1, 0.15) is 5.82 Å². The highest BCUT2D eigenvalue weighted by Crippen LogP contribution is 2.44. The average Bonchev–Trinajstić information content (AvgIpc) is 3.01. The predicted octanol–water partition coefficient (Wildman–Crippen LogP) is 2.43. The van der Waals surface area contributed by atoms with E-state index in [9.17, 15) is 14.0 Å². The highest BCUT2D eigenvalue weighted by molar-refractivity contribution is 5.98. The number of anilines is 2. The number of benzene rings is 1. The lowest BCUT2D eigenvalue weighted by Gasteiger charge is -2.37. The smallest absolute Gasteiger partial charge is 0.232 e. The highest BCUT2D eigenvalue weighted by atomic mass is 19.1. The first-order valence-corrected chi connectivity index (χ1v) is 8.73. The van der Waals surface area contributed by atoms with Gasteiger partial charge in [-0.3, -0.25) is 9.59 Å². The van der Waals surface area contributed by atoms with Gasteiger partial charge in [0, 0.05) is 18.7 Å². The van der Waals surface area contributed by atoms with E-state index in [4.69, 9.17) is 0 Å². The SMILES string of the molecule is O=C1CCc2cc(F)c(NC(=O)[C@@]34CCCC[C@H]3CNC4)cc2N1. The Bertz CT molecular complexity index is 706. The minimum atomic E-state index is -0.437. The average molecular weight is 331 g/mol. The summed E-state index contributed by atoms with van der Waals surface area (Å²) in [5, 5.41) is 8.89. The molecule has 1 aliphatic carbocycles. The first kappa shape index (κ1) is 15.6. The fourth-order valence-corrected chi connectivity index (χ4v) is 4.43. The molecule has 0 spiro atoms. The van der Waals surface area contributed by atoms with Gasteiger partial charge in [-0.1, -0.05) is 12.8 Å². The molecule has 2 amide bonds. The zero-order valence-electron chi connectivity index (χ0n) is 13.6. The Morgan fingerprint density at radius 2 is 2.17 bits per heavy atom. The first-order valence-electron chi connectivity index (χ1n) is 8.73. The number of carbonyl (C=O) groups is 2. The van der Waals surface area contributed by atoms with Gasteiger partial charge >= 0.3 is 0 Å². The number of nitrogens with one attached hydrogen (secondary N) is 3. The summed E-state index contributed by atoms with van der Waals surface area (Å²) in [6.45, 7) is 1.52. The van der Waals surface area contributed by atoms with Crippen LogP contribution in [0, 0.1) is 17.2 Å². The molecule has 2 heterocycles. The van der Waals surface area contributed by atoms with E-state index in [1.807, 2.05) is 0 Å². The van der Waals surface area contributed by atoms with Gasteiger partial charge < -0.3 is 16.0 Å². The van der Waals surface area contributed by atoms with Crippen LogP contribution in [0.25, 0.3) is 0 Å². The molecule has 1 saturated carbocycles. The van der Waals surface area contributed by atoms with Gasteiger partial charge in [-0.15, -0.1) is 0 Å². The van der Waals surface area contributed by atoms with E-state index in [0.29, 0.717) is 31.0 Å². The lowest BCUT2D eigenvalue weighted by atomic mass is 9.67. The van der Waals surface area contributed by atoms with E-state index in [1.54, 1.807) is 6.07 Å². The van der Waals surface area contributed by atoms with Crippen LogP contribution in [0.1, 0.15) is 37.7 Å². The normalized spacial score (nSPS) is 28.7. The quantitative estimate of drug-likeness (QED) is 0.779. The van der Waals surface area contributed by atoms with Crippen LogP contribution in [0.5, 0.6) is 0 Å². The zero-order chi connectivity index (χ0) is 16.7. The minimum absolute atomic E-state index is 0.0719. The summed E-state index contributed by atoms with van der Waals surface area (Å²) < 4.78 is 14.4. The maximum absolute atomic E-state index is 14.4. The molecule has 0 unspecified atom stereocenters. The van der Waals surface area contributed by atoms with Crippen LogP contribution in [0.2, 0.25) is 0 Å². The van der Waals surface area contributed by atoms with E-state index in [1.165, 1.54) is 6.07 Å². The number of carbonyl (C=O) groups excluding carboxylic acids is 2. The molecule has 1 aromatic carbocycles. The third-order valence-electron chi connectivity index (χ3n) is 5.83. The fourth-order valence-electron chi connectivity index (χ4n) is 4.43. The molecule has 128 valence electrons. The molecular weight excluding hydrogens is 309 g/mol. The Balaban J connectivity index is 1.60. The molecule has 24 heavy (non-hydrogen) atoms. The maximum atomic E-state index is 14.4. The van der Waals surface area contributed by atoms with Crippen molar-refractivity contribution in [3.05, 3.63) is 23.5 Å². The number of hydrogen-bond acceptors (Lipinski definition) is 3. The summed E-state index contributed by atoms with van der Waals surface area (Å²) in [5.41, 5.74) is 1.11. The van der Waals surface area contributed by atoms with Crippen LogP contribution in [0.3, 0.4) is 0 Å². The van der Waals surface area contributed by atoms with Crippen LogP contribution >= 0.6 is 0 Å². The molecule has 2 aliphatic heterocycles. The maximum Gasteiger partial charge on any atom is 0.232 e. The third-order valence-corrected chi connectivity index (χ3v) is 5.83. The van der Waals surface area contributed by atoms with Crippen molar-refractivity contribution in [3.8, 4) is 0 Å². The zero-order valence-corrected chi connectivity index (χ0v) is 13.6. The van der Waals surface area contributed by atoms with Crippen molar-refractivity contribution in [1.82, 2.24) is 5.32 Å². The second-order valence-electron chi connectivity index (χ2n) is 7.22. The van der Waals surface area contributed by atoms with Crippen LogP contribution < -0.4 is 16.0 Å². The first-order chi connectivity index (χ1) is 11.6. The van der Waals surface area contributed by atoms with Gasteiger partial charge in [-0.25, -0.2) is 4.39 Å². The molecule has 0 bridgehead atoms. The van der Waals surface area contributed by atoms with Crippen LogP contribution in [-0.2, 0) is 16.0 Å². The van der Waals surface area contributed by atoms with Gasteiger partial charge in [0.2, 0.25) is 11.8 Å². The summed E-state index contributed by atoms with van der Waals surface area (Å²) in [7, 11) is 0. The molecule has 2 atom stereocenters. The molecule has 1 aromatic rings. The van der Waals surface area contributed by atoms with Crippen molar-refractivity contribution < 1.29 is 14.0 Å². The Kier molecular flexibility index (Phi) is 3.79. The van der Waals surface area contributed by atoms with Gasteiger partial charge in [0.25, 0.3) is 0 Å². The summed E-state index contributed by atoms with van der Waals surface area (Å²) in [4.78, 5) is 24.5. The molecule has 1 saturated heterocycles. The molecule has 6 heteroatoms.